The summed E-state index contributed by atoms with van der Waals surface area (Å²) in [7, 11) is 1.66. The molecule has 1 aliphatic heterocycles. The summed E-state index contributed by atoms with van der Waals surface area (Å²) in [6.07, 6.45) is 6.15. The van der Waals surface area contributed by atoms with E-state index in [2.05, 4.69) is 10.3 Å². The quantitative estimate of drug-likeness (QED) is 0.868. The molecule has 0 radical (unpaired) electrons. The number of anilines is 3. The van der Waals surface area contributed by atoms with Gasteiger partial charge in [0.15, 0.2) is 0 Å². The van der Waals surface area contributed by atoms with Crippen LogP contribution in [-0.4, -0.2) is 30.1 Å². The van der Waals surface area contributed by atoms with E-state index in [0.717, 1.165) is 59.8 Å². The fourth-order valence-corrected chi connectivity index (χ4v) is 4.09. The zero-order valence-electron chi connectivity index (χ0n) is 15.9. The molecule has 0 unspecified atom stereocenters. The molecule has 1 aromatic carbocycles. The molecule has 3 N–H and O–H groups in total. The van der Waals surface area contributed by atoms with Crippen molar-refractivity contribution in [2.45, 2.75) is 51.1 Å². The number of methoxy groups -OCH3 is 1. The number of amides is 1. The second-order valence-corrected chi connectivity index (χ2v) is 7.51. The number of ether oxygens (including phenoxy) is 1. The summed E-state index contributed by atoms with van der Waals surface area (Å²) in [5, 5.41) is 3.37. The standard InChI is InChI=1S/C21H26N4O2/c1-13-9-17(27-2)7-8-18(13)24-20-11-19-14(12-23-20)10-21(26)25(19)16-5-3-15(22)4-6-16/h7-9,11-12,15-16H,3-6,10,22H2,1-2H3,(H,23,24). The SMILES string of the molecule is COc1ccc(Nc2cc3c(cn2)CC(=O)N3C2CCC(N)CC2)c(C)c1. The Balaban J connectivity index is 1.58. The zero-order valence-corrected chi connectivity index (χ0v) is 15.9. The van der Waals surface area contributed by atoms with Crippen LogP contribution in [0.25, 0.3) is 0 Å². The average molecular weight is 366 g/mol. The lowest BCUT2D eigenvalue weighted by atomic mass is 9.90. The van der Waals surface area contributed by atoms with Gasteiger partial charge in [-0.1, -0.05) is 0 Å². The molecule has 27 heavy (non-hydrogen) atoms. The highest BCUT2D eigenvalue weighted by atomic mass is 16.5. The molecule has 1 fully saturated rings. The number of hydrogen-bond donors (Lipinski definition) is 2. The van der Waals surface area contributed by atoms with Gasteiger partial charge in [-0.15, -0.1) is 0 Å². The Bertz CT molecular complexity index is 859. The first-order chi connectivity index (χ1) is 13.0. The fourth-order valence-electron chi connectivity index (χ4n) is 4.09. The van der Waals surface area contributed by atoms with Gasteiger partial charge in [-0.3, -0.25) is 4.79 Å². The number of aryl methyl sites for hydroxylation is 1. The molecule has 142 valence electrons. The monoisotopic (exact) mass is 366 g/mol. The van der Waals surface area contributed by atoms with E-state index in [0.29, 0.717) is 6.42 Å². The highest BCUT2D eigenvalue weighted by molar-refractivity contribution is 6.02. The normalized spacial score (nSPS) is 21.9. The molecule has 6 heteroatoms. The Kier molecular flexibility index (Phi) is 4.74. The van der Waals surface area contributed by atoms with Crippen molar-refractivity contribution < 1.29 is 9.53 Å². The first-order valence-electron chi connectivity index (χ1n) is 9.53. The molecule has 1 aromatic heterocycles. The molecule has 2 aliphatic rings. The Morgan fingerprint density at radius 2 is 2.00 bits per heavy atom. The third-order valence-electron chi connectivity index (χ3n) is 5.63. The van der Waals surface area contributed by atoms with Crippen molar-refractivity contribution in [3.8, 4) is 5.75 Å². The van der Waals surface area contributed by atoms with E-state index in [4.69, 9.17) is 10.5 Å². The third kappa shape index (κ3) is 3.49. The number of carbonyl (C=O) groups excluding carboxylic acids is 1. The minimum absolute atomic E-state index is 0.171. The second-order valence-electron chi connectivity index (χ2n) is 7.51. The van der Waals surface area contributed by atoms with E-state index in [-0.39, 0.29) is 18.0 Å². The number of nitrogens with two attached hydrogens (primary N) is 1. The summed E-state index contributed by atoms with van der Waals surface area (Å²) in [6.45, 7) is 2.03. The molecule has 0 bridgehead atoms. The van der Waals surface area contributed by atoms with Gasteiger partial charge in [-0.25, -0.2) is 4.98 Å². The Hall–Kier alpha value is -2.60. The van der Waals surface area contributed by atoms with Crippen LogP contribution in [0.5, 0.6) is 5.75 Å². The Labute approximate surface area is 159 Å². The molecule has 6 nitrogen and oxygen atoms in total. The summed E-state index contributed by atoms with van der Waals surface area (Å²) in [4.78, 5) is 19.1. The molecule has 1 saturated carbocycles. The number of benzene rings is 1. The molecule has 1 aliphatic carbocycles. The summed E-state index contributed by atoms with van der Waals surface area (Å²) in [6, 6.07) is 8.40. The molecule has 2 aromatic rings. The summed E-state index contributed by atoms with van der Waals surface area (Å²) < 4.78 is 5.26. The van der Waals surface area contributed by atoms with E-state index < -0.39 is 0 Å². The van der Waals surface area contributed by atoms with Crippen molar-refractivity contribution >= 4 is 23.1 Å². The van der Waals surface area contributed by atoms with Gasteiger partial charge in [-0.05, 0) is 56.4 Å². The largest absolute Gasteiger partial charge is 0.497 e. The van der Waals surface area contributed by atoms with Crippen LogP contribution in [0.15, 0.2) is 30.5 Å². The van der Waals surface area contributed by atoms with Crippen LogP contribution in [0.3, 0.4) is 0 Å². The van der Waals surface area contributed by atoms with Crippen molar-refractivity contribution in [2.24, 2.45) is 5.73 Å². The molecule has 0 atom stereocenters. The number of aromatic nitrogens is 1. The average Bonchev–Trinajstić information content (AvgIpc) is 2.99. The number of pyridine rings is 1. The number of rotatable bonds is 4. The second kappa shape index (κ2) is 7.19. The van der Waals surface area contributed by atoms with Gasteiger partial charge < -0.3 is 20.7 Å². The van der Waals surface area contributed by atoms with Crippen LogP contribution < -0.4 is 20.7 Å². The fraction of sp³-hybridized carbons (Fsp3) is 0.429. The number of hydrogen-bond acceptors (Lipinski definition) is 5. The highest BCUT2D eigenvalue weighted by Crippen LogP contribution is 2.36. The predicted molar refractivity (Wildman–Crippen MR) is 107 cm³/mol. The van der Waals surface area contributed by atoms with E-state index >= 15 is 0 Å². The number of nitrogens with zero attached hydrogens (tertiary/aromatic N) is 2. The minimum Gasteiger partial charge on any atom is -0.497 e. The van der Waals surface area contributed by atoms with Crippen LogP contribution in [-0.2, 0) is 11.2 Å². The zero-order chi connectivity index (χ0) is 19.0. The van der Waals surface area contributed by atoms with Crippen LogP contribution in [0.2, 0.25) is 0 Å². The molecule has 0 spiro atoms. The molecule has 4 rings (SSSR count). The van der Waals surface area contributed by atoms with Crippen molar-refractivity contribution in [3.05, 3.63) is 41.6 Å². The van der Waals surface area contributed by atoms with Crippen molar-refractivity contribution in [1.82, 2.24) is 4.98 Å². The van der Waals surface area contributed by atoms with Crippen LogP contribution >= 0.6 is 0 Å². The van der Waals surface area contributed by atoms with E-state index in [9.17, 15) is 4.79 Å². The van der Waals surface area contributed by atoms with Gasteiger partial charge in [0, 0.05) is 35.6 Å². The van der Waals surface area contributed by atoms with E-state index in [1.54, 1.807) is 7.11 Å². The topological polar surface area (TPSA) is 80.5 Å². The van der Waals surface area contributed by atoms with Crippen LogP contribution in [0, 0.1) is 6.92 Å². The molecule has 2 heterocycles. The van der Waals surface area contributed by atoms with Gasteiger partial charge in [0.1, 0.15) is 11.6 Å². The molecular weight excluding hydrogens is 340 g/mol. The van der Waals surface area contributed by atoms with Gasteiger partial charge >= 0.3 is 0 Å². The van der Waals surface area contributed by atoms with Crippen LogP contribution in [0.1, 0.15) is 36.8 Å². The van der Waals surface area contributed by atoms with Crippen molar-refractivity contribution in [1.29, 1.82) is 0 Å². The maximum absolute atomic E-state index is 12.6. The number of nitrogens with one attached hydrogen (secondary N) is 1. The van der Waals surface area contributed by atoms with E-state index in [1.165, 1.54) is 0 Å². The minimum atomic E-state index is 0.171. The van der Waals surface area contributed by atoms with Crippen molar-refractivity contribution in [3.63, 3.8) is 0 Å². The lowest BCUT2D eigenvalue weighted by molar-refractivity contribution is -0.118. The predicted octanol–water partition coefficient (Wildman–Crippen LogP) is 3.30. The molecule has 1 amide bonds. The van der Waals surface area contributed by atoms with E-state index in [1.807, 2.05) is 42.3 Å². The third-order valence-corrected chi connectivity index (χ3v) is 5.63. The van der Waals surface area contributed by atoms with Gasteiger partial charge in [0.2, 0.25) is 5.91 Å². The summed E-state index contributed by atoms with van der Waals surface area (Å²) >= 11 is 0. The number of carbonyl (C=O) groups is 1. The molecular formula is C21H26N4O2. The first-order valence-corrected chi connectivity index (χ1v) is 9.53. The van der Waals surface area contributed by atoms with Gasteiger partial charge in [0.05, 0.1) is 19.2 Å². The maximum Gasteiger partial charge on any atom is 0.231 e. The lowest BCUT2D eigenvalue weighted by Gasteiger charge is -2.34. The maximum atomic E-state index is 12.6. The van der Waals surface area contributed by atoms with Crippen LogP contribution in [0.4, 0.5) is 17.2 Å². The Morgan fingerprint density at radius 1 is 1.22 bits per heavy atom. The lowest BCUT2D eigenvalue weighted by Crippen LogP contribution is -2.42. The van der Waals surface area contributed by atoms with Gasteiger partial charge in [-0.2, -0.15) is 0 Å². The smallest absolute Gasteiger partial charge is 0.231 e. The number of fused-ring (bicyclic) bond motifs is 1. The summed E-state index contributed by atoms with van der Waals surface area (Å²) in [5.74, 6) is 1.74. The Morgan fingerprint density at radius 3 is 2.70 bits per heavy atom. The van der Waals surface area contributed by atoms with Gasteiger partial charge in [0.25, 0.3) is 0 Å². The molecule has 0 saturated heterocycles. The highest BCUT2D eigenvalue weighted by Gasteiger charge is 2.35. The first kappa shape index (κ1) is 17.8. The van der Waals surface area contributed by atoms with Crippen molar-refractivity contribution in [2.75, 3.05) is 17.3 Å². The summed E-state index contributed by atoms with van der Waals surface area (Å²) in [5.41, 5.74) is 10.1.